The molecule has 1 atom stereocenters. The van der Waals surface area contributed by atoms with E-state index in [9.17, 15) is 8.78 Å². The molecule has 0 radical (unpaired) electrons. The molecule has 0 fully saturated rings. The highest BCUT2D eigenvalue weighted by molar-refractivity contribution is 7.99. The molecule has 124 valence electrons. The SMILES string of the molecule is C#CCNC1CCc2c(SCCc3ccc(F)c(F)c3)cccc21. The first-order valence-electron chi connectivity index (χ1n) is 8.04. The number of hydrogen-bond donors (Lipinski definition) is 1. The summed E-state index contributed by atoms with van der Waals surface area (Å²) < 4.78 is 26.2. The summed E-state index contributed by atoms with van der Waals surface area (Å²) in [6, 6.07) is 10.8. The summed E-state index contributed by atoms with van der Waals surface area (Å²) in [7, 11) is 0. The number of nitrogens with one attached hydrogen (secondary N) is 1. The van der Waals surface area contributed by atoms with Gasteiger partial charge in [-0.15, -0.1) is 18.2 Å². The van der Waals surface area contributed by atoms with Crippen LogP contribution in [0.25, 0.3) is 0 Å². The predicted molar refractivity (Wildman–Crippen MR) is 95.1 cm³/mol. The Hall–Kier alpha value is -1.83. The van der Waals surface area contributed by atoms with Crippen molar-refractivity contribution >= 4 is 11.8 Å². The summed E-state index contributed by atoms with van der Waals surface area (Å²) in [6.07, 6.45) is 8.16. The van der Waals surface area contributed by atoms with Gasteiger partial charge in [-0.2, -0.15) is 0 Å². The van der Waals surface area contributed by atoms with Crippen LogP contribution in [0.4, 0.5) is 8.78 Å². The van der Waals surface area contributed by atoms with E-state index in [2.05, 4.69) is 29.4 Å². The van der Waals surface area contributed by atoms with Crippen molar-refractivity contribution in [3.63, 3.8) is 0 Å². The molecule has 1 nitrogen and oxygen atoms in total. The molecular formula is C20H19F2NS. The van der Waals surface area contributed by atoms with Gasteiger partial charge in [-0.05, 0) is 54.2 Å². The van der Waals surface area contributed by atoms with Crippen LogP contribution in [-0.4, -0.2) is 12.3 Å². The van der Waals surface area contributed by atoms with Gasteiger partial charge in [0.05, 0.1) is 6.54 Å². The minimum absolute atomic E-state index is 0.336. The first kappa shape index (κ1) is 17.0. The molecule has 0 saturated heterocycles. The quantitative estimate of drug-likeness (QED) is 0.612. The van der Waals surface area contributed by atoms with Crippen LogP contribution >= 0.6 is 11.8 Å². The van der Waals surface area contributed by atoms with Gasteiger partial charge >= 0.3 is 0 Å². The van der Waals surface area contributed by atoms with Crippen molar-refractivity contribution in [2.75, 3.05) is 12.3 Å². The van der Waals surface area contributed by atoms with Gasteiger partial charge in [0.25, 0.3) is 0 Å². The first-order valence-corrected chi connectivity index (χ1v) is 9.03. The van der Waals surface area contributed by atoms with Gasteiger partial charge in [0, 0.05) is 16.7 Å². The molecular weight excluding hydrogens is 324 g/mol. The zero-order chi connectivity index (χ0) is 16.9. The van der Waals surface area contributed by atoms with Crippen molar-refractivity contribution in [3.05, 3.63) is 64.7 Å². The largest absolute Gasteiger partial charge is 0.299 e. The Morgan fingerprint density at radius 1 is 1.21 bits per heavy atom. The lowest BCUT2D eigenvalue weighted by Gasteiger charge is -2.13. The number of terminal acetylenes is 1. The van der Waals surface area contributed by atoms with E-state index in [4.69, 9.17) is 6.42 Å². The lowest BCUT2D eigenvalue weighted by atomic mass is 10.1. The second kappa shape index (κ2) is 7.83. The van der Waals surface area contributed by atoms with E-state index in [1.54, 1.807) is 17.8 Å². The van der Waals surface area contributed by atoms with E-state index in [-0.39, 0.29) is 0 Å². The predicted octanol–water partition coefficient (Wildman–Crippen LogP) is 4.51. The van der Waals surface area contributed by atoms with Gasteiger partial charge in [0.1, 0.15) is 0 Å². The average molecular weight is 343 g/mol. The molecule has 0 heterocycles. The lowest BCUT2D eigenvalue weighted by molar-refractivity contribution is 0.507. The summed E-state index contributed by atoms with van der Waals surface area (Å²) in [5.74, 6) is 1.89. The topological polar surface area (TPSA) is 12.0 Å². The van der Waals surface area contributed by atoms with Gasteiger partial charge in [-0.25, -0.2) is 8.78 Å². The highest BCUT2D eigenvalue weighted by Crippen LogP contribution is 2.37. The smallest absolute Gasteiger partial charge is 0.159 e. The number of aryl methyl sites for hydroxylation is 1. The van der Waals surface area contributed by atoms with Gasteiger partial charge in [-0.1, -0.05) is 24.1 Å². The molecule has 0 bridgehead atoms. The van der Waals surface area contributed by atoms with E-state index >= 15 is 0 Å². The Morgan fingerprint density at radius 2 is 2.08 bits per heavy atom. The van der Waals surface area contributed by atoms with Crippen LogP contribution < -0.4 is 5.32 Å². The van der Waals surface area contributed by atoms with Gasteiger partial charge < -0.3 is 0 Å². The minimum Gasteiger partial charge on any atom is -0.299 e. The van der Waals surface area contributed by atoms with Gasteiger partial charge in [0.15, 0.2) is 11.6 Å². The highest BCUT2D eigenvalue weighted by atomic mass is 32.2. The molecule has 0 spiro atoms. The van der Waals surface area contributed by atoms with E-state index < -0.39 is 11.6 Å². The van der Waals surface area contributed by atoms with Gasteiger partial charge in [-0.3, -0.25) is 5.32 Å². The monoisotopic (exact) mass is 343 g/mol. The minimum atomic E-state index is -0.794. The molecule has 0 aromatic heterocycles. The maximum absolute atomic E-state index is 13.3. The molecule has 0 saturated carbocycles. The fourth-order valence-corrected chi connectivity index (χ4v) is 4.25. The zero-order valence-corrected chi connectivity index (χ0v) is 14.1. The third-order valence-electron chi connectivity index (χ3n) is 4.31. The Balaban J connectivity index is 1.63. The summed E-state index contributed by atoms with van der Waals surface area (Å²) in [5, 5.41) is 3.39. The number of halogens is 2. The van der Waals surface area contributed by atoms with Crippen LogP contribution in [-0.2, 0) is 12.8 Å². The lowest BCUT2D eigenvalue weighted by Crippen LogP contribution is -2.19. The van der Waals surface area contributed by atoms with Crippen molar-refractivity contribution in [3.8, 4) is 12.3 Å². The van der Waals surface area contributed by atoms with Crippen LogP contribution in [0.5, 0.6) is 0 Å². The molecule has 2 aromatic carbocycles. The molecule has 2 aromatic rings. The zero-order valence-electron chi connectivity index (χ0n) is 13.3. The summed E-state index contributed by atoms with van der Waals surface area (Å²) in [4.78, 5) is 1.28. The van der Waals surface area contributed by atoms with E-state index in [1.165, 1.54) is 28.2 Å². The Labute approximate surface area is 145 Å². The summed E-state index contributed by atoms with van der Waals surface area (Å²) in [5.41, 5.74) is 3.55. The first-order chi connectivity index (χ1) is 11.7. The maximum atomic E-state index is 13.3. The van der Waals surface area contributed by atoms with Crippen molar-refractivity contribution in [2.45, 2.75) is 30.2 Å². The van der Waals surface area contributed by atoms with Crippen molar-refractivity contribution in [1.82, 2.24) is 5.32 Å². The van der Waals surface area contributed by atoms with Crippen LogP contribution in [0.2, 0.25) is 0 Å². The third-order valence-corrected chi connectivity index (χ3v) is 5.41. The molecule has 24 heavy (non-hydrogen) atoms. The molecule has 1 N–H and O–H groups in total. The average Bonchev–Trinajstić information content (AvgIpc) is 3.00. The number of hydrogen-bond acceptors (Lipinski definition) is 2. The standard InChI is InChI=1S/C20H19F2NS/c1-2-11-23-19-9-7-16-15(19)4-3-5-20(16)24-12-10-14-6-8-17(21)18(22)13-14/h1,3-6,8,13,19,23H,7,9-12H2. The molecule has 1 aliphatic carbocycles. The molecule has 1 aliphatic rings. The van der Waals surface area contributed by atoms with Crippen molar-refractivity contribution < 1.29 is 8.78 Å². The molecule has 4 heteroatoms. The molecule has 0 amide bonds. The maximum Gasteiger partial charge on any atom is 0.159 e. The summed E-state index contributed by atoms with van der Waals surface area (Å²) >= 11 is 1.77. The van der Waals surface area contributed by atoms with Crippen LogP contribution in [0.1, 0.15) is 29.2 Å². The Bertz CT molecular complexity index is 767. The number of rotatable bonds is 6. The van der Waals surface area contributed by atoms with E-state index in [0.29, 0.717) is 19.0 Å². The number of fused-ring (bicyclic) bond motifs is 1. The second-order valence-electron chi connectivity index (χ2n) is 5.85. The van der Waals surface area contributed by atoms with E-state index in [0.717, 1.165) is 24.2 Å². The highest BCUT2D eigenvalue weighted by Gasteiger charge is 2.23. The van der Waals surface area contributed by atoms with Crippen molar-refractivity contribution in [1.29, 1.82) is 0 Å². The van der Waals surface area contributed by atoms with Crippen LogP contribution in [0, 0.1) is 24.0 Å². The number of benzene rings is 2. The normalized spacial score (nSPS) is 16.0. The van der Waals surface area contributed by atoms with Gasteiger partial charge in [0.2, 0.25) is 0 Å². The second-order valence-corrected chi connectivity index (χ2v) is 6.98. The summed E-state index contributed by atoms with van der Waals surface area (Å²) in [6.45, 7) is 0.581. The van der Waals surface area contributed by atoms with Crippen LogP contribution in [0.15, 0.2) is 41.3 Å². The van der Waals surface area contributed by atoms with E-state index in [1.807, 2.05) is 0 Å². The molecule has 1 unspecified atom stereocenters. The Morgan fingerprint density at radius 3 is 2.88 bits per heavy atom. The number of thioether (sulfide) groups is 1. The molecule has 3 rings (SSSR count). The fourth-order valence-electron chi connectivity index (χ4n) is 3.12. The third kappa shape index (κ3) is 3.80. The fraction of sp³-hybridized carbons (Fsp3) is 0.300. The Kier molecular flexibility index (Phi) is 5.55. The molecule has 0 aliphatic heterocycles. The van der Waals surface area contributed by atoms with Crippen molar-refractivity contribution in [2.24, 2.45) is 0 Å². The van der Waals surface area contributed by atoms with Crippen LogP contribution in [0.3, 0.4) is 0 Å².